The molecule has 0 spiro atoms. The third-order valence-electron chi connectivity index (χ3n) is 2.83. The second-order valence-electron chi connectivity index (χ2n) is 3.96. The van der Waals surface area contributed by atoms with Gasteiger partial charge in [-0.25, -0.2) is 4.57 Å². The molecule has 5 nitrogen and oxygen atoms in total. The van der Waals surface area contributed by atoms with Gasteiger partial charge in [0.05, 0.1) is 5.60 Å². The van der Waals surface area contributed by atoms with Crippen LogP contribution in [0.25, 0.3) is 0 Å². The molecule has 0 aromatic heterocycles. The normalized spacial score (nSPS) is 12.6. The summed E-state index contributed by atoms with van der Waals surface area (Å²) in [6.07, 6.45) is 0.783. The molecule has 1 aromatic rings. The lowest BCUT2D eigenvalue weighted by Crippen LogP contribution is -2.24. The summed E-state index contributed by atoms with van der Waals surface area (Å²) in [6.45, 7) is 3.55. The smallest absolute Gasteiger partial charge is 0.404 e. The first-order valence-corrected chi connectivity index (χ1v) is 7.40. The second kappa shape index (κ2) is 5.59. The Labute approximate surface area is 111 Å². The molecule has 0 bridgehead atoms. The van der Waals surface area contributed by atoms with Crippen LogP contribution >= 0.6 is 19.4 Å². The Kier molecular flexibility index (Phi) is 4.81. The van der Waals surface area contributed by atoms with Crippen LogP contribution in [-0.4, -0.2) is 14.9 Å². The predicted octanol–water partition coefficient (Wildman–Crippen LogP) is 2.82. The highest BCUT2D eigenvalue weighted by atomic mass is 35.5. The van der Waals surface area contributed by atoms with Crippen molar-refractivity contribution in [2.45, 2.75) is 32.3 Å². The number of benzene rings is 1. The van der Waals surface area contributed by atoms with Gasteiger partial charge in [-0.15, -0.1) is 0 Å². The van der Waals surface area contributed by atoms with Crippen molar-refractivity contribution in [2.75, 3.05) is 0 Å². The number of hydrogen-bond donors (Lipinski definition) is 3. The number of halogens is 1. The quantitative estimate of drug-likeness (QED) is 0.727. The lowest BCUT2D eigenvalue weighted by molar-refractivity contribution is 0.0267. The Morgan fingerprint density at radius 3 is 2.33 bits per heavy atom. The first-order chi connectivity index (χ1) is 8.22. The van der Waals surface area contributed by atoms with Crippen molar-refractivity contribution >= 4 is 19.4 Å². The van der Waals surface area contributed by atoms with Crippen LogP contribution in [-0.2, 0) is 10.2 Å². The van der Waals surface area contributed by atoms with E-state index in [1.807, 2.05) is 0 Å². The maximum absolute atomic E-state index is 10.9. The first kappa shape index (κ1) is 15.5. The zero-order valence-corrected chi connectivity index (χ0v) is 11.8. The highest BCUT2D eigenvalue weighted by Crippen LogP contribution is 2.44. The number of aliphatic hydroxyl groups is 1. The van der Waals surface area contributed by atoms with Gasteiger partial charge < -0.3 is 9.63 Å². The van der Waals surface area contributed by atoms with Crippen molar-refractivity contribution in [3.8, 4) is 5.75 Å². The molecule has 0 aliphatic carbocycles. The predicted molar refractivity (Wildman–Crippen MR) is 68.6 cm³/mol. The molecule has 1 aromatic carbocycles. The van der Waals surface area contributed by atoms with Gasteiger partial charge >= 0.3 is 7.82 Å². The topological polar surface area (TPSA) is 87.0 Å². The van der Waals surface area contributed by atoms with Crippen LogP contribution < -0.4 is 4.52 Å². The summed E-state index contributed by atoms with van der Waals surface area (Å²) in [7, 11) is -4.69. The van der Waals surface area contributed by atoms with E-state index in [0.29, 0.717) is 18.4 Å². The summed E-state index contributed by atoms with van der Waals surface area (Å²) in [5.41, 5.74) is -0.880. The molecule has 3 N–H and O–H groups in total. The van der Waals surface area contributed by atoms with Crippen LogP contribution in [0.3, 0.4) is 0 Å². The van der Waals surface area contributed by atoms with E-state index in [4.69, 9.17) is 21.4 Å². The van der Waals surface area contributed by atoms with Gasteiger partial charge in [-0.1, -0.05) is 31.5 Å². The van der Waals surface area contributed by atoms with Gasteiger partial charge in [0, 0.05) is 10.6 Å². The third kappa shape index (κ3) is 3.70. The molecule has 0 unspecified atom stereocenters. The summed E-state index contributed by atoms with van der Waals surface area (Å²) < 4.78 is 15.5. The second-order valence-corrected chi connectivity index (χ2v) is 5.56. The Balaban J connectivity index is 3.31. The summed E-state index contributed by atoms with van der Waals surface area (Å²) in [5, 5.41) is 10.7. The highest BCUT2D eigenvalue weighted by molar-refractivity contribution is 7.46. The monoisotopic (exact) mass is 294 g/mol. The molecule has 0 atom stereocenters. The lowest BCUT2D eigenvalue weighted by atomic mass is 9.88. The van der Waals surface area contributed by atoms with Gasteiger partial charge in [-0.2, -0.15) is 0 Å². The molecular weight excluding hydrogens is 279 g/mol. The minimum atomic E-state index is -4.69. The summed E-state index contributed by atoms with van der Waals surface area (Å²) in [5.74, 6) is -0.0953. The zero-order valence-electron chi connectivity index (χ0n) is 10.1. The van der Waals surface area contributed by atoms with Crippen LogP contribution in [0.4, 0.5) is 0 Å². The molecule has 0 saturated carbocycles. The molecular formula is C11H16ClO5P. The number of phosphoric acid groups is 1. The molecule has 0 fully saturated rings. The van der Waals surface area contributed by atoms with Crippen molar-refractivity contribution < 1.29 is 24.0 Å². The first-order valence-electron chi connectivity index (χ1n) is 5.49. The summed E-state index contributed by atoms with van der Waals surface area (Å²) in [6, 6.07) is 4.34. The van der Waals surface area contributed by atoms with E-state index in [1.165, 1.54) is 12.1 Å². The fourth-order valence-corrected chi connectivity index (χ4v) is 2.28. The largest absolute Gasteiger partial charge is 0.524 e. The van der Waals surface area contributed by atoms with Crippen LogP contribution in [0, 0.1) is 0 Å². The SMILES string of the molecule is CCC(O)(CC)c1ccc(Cl)cc1OP(=O)(O)O. The van der Waals surface area contributed by atoms with Crippen LogP contribution in [0.2, 0.25) is 5.02 Å². The molecule has 0 heterocycles. The number of hydrogen-bond acceptors (Lipinski definition) is 3. The van der Waals surface area contributed by atoms with E-state index in [2.05, 4.69) is 4.52 Å². The highest BCUT2D eigenvalue weighted by Gasteiger charge is 2.31. The standard InChI is InChI=1S/C11H16ClO5P/c1-3-11(13,4-2)9-6-5-8(12)7-10(9)17-18(14,15)16/h5-7,13H,3-4H2,1-2H3,(H2,14,15,16). The molecule has 18 heavy (non-hydrogen) atoms. The Bertz CT molecular complexity index is 467. The van der Waals surface area contributed by atoms with E-state index in [-0.39, 0.29) is 10.8 Å². The van der Waals surface area contributed by atoms with Crippen molar-refractivity contribution in [3.05, 3.63) is 28.8 Å². The van der Waals surface area contributed by atoms with Crippen molar-refractivity contribution in [2.24, 2.45) is 0 Å². The van der Waals surface area contributed by atoms with Crippen molar-refractivity contribution in [1.82, 2.24) is 0 Å². The molecule has 0 saturated heterocycles. The average Bonchev–Trinajstić information content (AvgIpc) is 2.26. The van der Waals surface area contributed by atoms with E-state index in [9.17, 15) is 9.67 Å². The van der Waals surface area contributed by atoms with E-state index >= 15 is 0 Å². The number of rotatable bonds is 5. The Morgan fingerprint density at radius 2 is 1.89 bits per heavy atom. The van der Waals surface area contributed by atoms with E-state index in [0.717, 1.165) is 0 Å². The fourth-order valence-electron chi connectivity index (χ4n) is 1.72. The Hall–Kier alpha value is -0.580. The summed E-state index contributed by atoms with van der Waals surface area (Å²) >= 11 is 5.77. The average molecular weight is 295 g/mol. The minimum absolute atomic E-state index is 0.0953. The minimum Gasteiger partial charge on any atom is -0.404 e. The van der Waals surface area contributed by atoms with Gasteiger partial charge in [0.25, 0.3) is 0 Å². The maximum atomic E-state index is 10.9. The maximum Gasteiger partial charge on any atom is 0.524 e. The van der Waals surface area contributed by atoms with Gasteiger partial charge in [-0.05, 0) is 25.0 Å². The molecule has 0 aliphatic rings. The van der Waals surface area contributed by atoms with Crippen molar-refractivity contribution in [3.63, 3.8) is 0 Å². The molecule has 102 valence electrons. The van der Waals surface area contributed by atoms with Crippen LogP contribution in [0.1, 0.15) is 32.3 Å². The van der Waals surface area contributed by atoms with Gasteiger partial charge in [0.1, 0.15) is 5.75 Å². The van der Waals surface area contributed by atoms with Crippen LogP contribution in [0.5, 0.6) is 5.75 Å². The molecule has 0 aliphatic heterocycles. The molecule has 0 amide bonds. The summed E-state index contributed by atoms with van der Waals surface area (Å²) in [4.78, 5) is 17.7. The number of phosphoric ester groups is 1. The lowest BCUT2D eigenvalue weighted by Gasteiger charge is -2.28. The van der Waals surface area contributed by atoms with Crippen LogP contribution in [0.15, 0.2) is 18.2 Å². The zero-order chi connectivity index (χ0) is 14.0. The van der Waals surface area contributed by atoms with Gasteiger partial charge in [0.2, 0.25) is 0 Å². The Morgan fingerprint density at radius 1 is 1.33 bits per heavy atom. The molecule has 7 heteroatoms. The molecule has 1 rings (SSSR count). The van der Waals surface area contributed by atoms with Crippen molar-refractivity contribution in [1.29, 1.82) is 0 Å². The van der Waals surface area contributed by atoms with E-state index in [1.54, 1.807) is 19.9 Å². The third-order valence-corrected chi connectivity index (χ3v) is 3.50. The molecule has 0 radical (unpaired) electrons. The van der Waals surface area contributed by atoms with Gasteiger partial charge in [0.15, 0.2) is 0 Å². The van der Waals surface area contributed by atoms with E-state index < -0.39 is 13.4 Å². The van der Waals surface area contributed by atoms with Gasteiger partial charge in [-0.3, -0.25) is 9.79 Å². The fraction of sp³-hybridized carbons (Fsp3) is 0.455.